The number of nitrogens with one attached hydrogen (secondary N) is 1. The predicted octanol–water partition coefficient (Wildman–Crippen LogP) is 6.42. The highest BCUT2D eigenvalue weighted by Gasteiger charge is 2.27. The lowest BCUT2D eigenvalue weighted by molar-refractivity contribution is -0.116. The maximum atomic E-state index is 13.3. The highest BCUT2D eigenvalue weighted by molar-refractivity contribution is 9.10. The lowest BCUT2D eigenvalue weighted by Gasteiger charge is -2.34. The number of carbonyl (C=O) groups is 2. The summed E-state index contributed by atoms with van der Waals surface area (Å²) in [5, 5.41) is 12.9. The first-order valence-corrected chi connectivity index (χ1v) is 12.9. The summed E-state index contributed by atoms with van der Waals surface area (Å²) in [4.78, 5) is 27.8. The fraction of sp³-hybridized carbons (Fsp3) is 0.333. The molecule has 1 aliphatic rings. The summed E-state index contributed by atoms with van der Waals surface area (Å²) in [6.45, 7) is 0.369. The van der Waals surface area contributed by atoms with Crippen molar-refractivity contribution in [3.63, 3.8) is 0 Å². The standard InChI is InChI=1S/C24H24BrClN4O2S/c25-18-10-6-17(7-11-18)23(32)30(20-4-2-1-3-5-20)15-14-21(31)27-24-29-28-22(33-24)16-8-12-19(26)13-9-16/h6-13,20H,1-5,14-15H2,(H,27,29,31). The molecule has 1 fully saturated rings. The Kier molecular flexibility index (Phi) is 8.11. The van der Waals surface area contributed by atoms with Crippen LogP contribution in [0.2, 0.25) is 5.02 Å². The van der Waals surface area contributed by atoms with E-state index in [0.717, 1.165) is 35.7 Å². The predicted molar refractivity (Wildman–Crippen MR) is 136 cm³/mol. The summed E-state index contributed by atoms with van der Waals surface area (Å²) in [5.74, 6) is -0.207. The molecule has 4 rings (SSSR count). The van der Waals surface area contributed by atoms with Crippen LogP contribution in [0.3, 0.4) is 0 Å². The van der Waals surface area contributed by atoms with Gasteiger partial charge in [0.1, 0.15) is 5.01 Å². The van der Waals surface area contributed by atoms with Crippen molar-refractivity contribution in [1.82, 2.24) is 15.1 Å². The second-order valence-corrected chi connectivity index (χ2v) is 10.3. The molecule has 1 heterocycles. The Morgan fingerprint density at radius 2 is 1.73 bits per heavy atom. The highest BCUT2D eigenvalue weighted by Crippen LogP contribution is 2.28. The van der Waals surface area contributed by atoms with Crippen LogP contribution < -0.4 is 5.32 Å². The topological polar surface area (TPSA) is 75.2 Å². The van der Waals surface area contributed by atoms with E-state index in [4.69, 9.17) is 11.6 Å². The van der Waals surface area contributed by atoms with Crippen molar-refractivity contribution < 1.29 is 9.59 Å². The number of hydrogen-bond acceptors (Lipinski definition) is 5. The van der Waals surface area contributed by atoms with E-state index >= 15 is 0 Å². The smallest absolute Gasteiger partial charge is 0.254 e. The van der Waals surface area contributed by atoms with Gasteiger partial charge in [0.15, 0.2) is 0 Å². The highest BCUT2D eigenvalue weighted by atomic mass is 79.9. The van der Waals surface area contributed by atoms with Gasteiger partial charge in [-0.3, -0.25) is 9.59 Å². The maximum absolute atomic E-state index is 13.3. The molecule has 6 nitrogen and oxygen atoms in total. The number of nitrogens with zero attached hydrogens (tertiary/aromatic N) is 3. The van der Waals surface area contributed by atoms with Gasteiger partial charge < -0.3 is 10.2 Å². The SMILES string of the molecule is O=C(CCN(C(=O)c1ccc(Br)cc1)C1CCCCC1)Nc1nnc(-c2ccc(Cl)cc2)s1. The van der Waals surface area contributed by atoms with Crippen LogP contribution >= 0.6 is 38.9 Å². The average Bonchev–Trinajstić information content (AvgIpc) is 3.29. The zero-order chi connectivity index (χ0) is 23.2. The number of halogens is 2. The third kappa shape index (κ3) is 6.40. The van der Waals surface area contributed by atoms with Crippen LogP contribution in [0.25, 0.3) is 10.6 Å². The molecule has 33 heavy (non-hydrogen) atoms. The Balaban J connectivity index is 1.39. The minimum absolute atomic E-state index is 0.0249. The molecule has 3 aromatic rings. The molecule has 0 aliphatic heterocycles. The van der Waals surface area contributed by atoms with Gasteiger partial charge in [0.25, 0.3) is 5.91 Å². The fourth-order valence-corrected chi connectivity index (χ4v) is 5.14. The maximum Gasteiger partial charge on any atom is 0.254 e. The minimum Gasteiger partial charge on any atom is -0.335 e. The molecule has 1 N–H and O–H groups in total. The van der Waals surface area contributed by atoms with E-state index in [0.29, 0.717) is 27.3 Å². The molecule has 0 atom stereocenters. The van der Waals surface area contributed by atoms with E-state index in [9.17, 15) is 9.59 Å². The van der Waals surface area contributed by atoms with Gasteiger partial charge in [-0.1, -0.05) is 70.3 Å². The monoisotopic (exact) mass is 546 g/mol. The van der Waals surface area contributed by atoms with Crippen molar-refractivity contribution in [1.29, 1.82) is 0 Å². The molecule has 0 unspecified atom stereocenters. The van der Waals surface area contributed by atoms with Crippen LogP contribution in [-0.4, -0.2) is 39.5 Å². The normalized spacial score (nSPS) is 14.1. The molecular weight excluding hydrogens is 524 g/mol. The number of rotatable bonds is 7. The van der Waals surface area contributed by atoms with Crippen molar-refractivity contribution in [3.8, 4) is 10.6 Å². The first-order chi connectivity index (χ1) is 16.0. The Labute approximate surface area is 210 Å². The molecular formula is C24H24BrClN4O2S. The van der Waals surface area contributed by atoms with Gasteiger partial charge in [-0.15, -0.1) is 10.2 Å². The second kappa shape index (κ2) is 11.2. The van der Waals surface area contributed by atoms with E-state index < -0.39 is 0 Å². The number of anilines is 1. The summed E-state index contributed by atoms with van der Waals surface area (Å²) in [7, 11) is 0. The Hall–Kier alpha value is -2.29. The van der Waals surface area contributed by atoms with Gasteiger partial charge in [0, 0.05) is 39.6 Å². The molecule has 1 aliphatic carbocycles. The summed E-state index contributed by atoms with van der Waals surface area (Å²) in [6, 6.07) is 14.9. The van der Waals surface area contributed by atoms with Crippen LogP contribution in [0.5, 0.6) is 0 Å². The Morgan fingerprint density at radius 3 is 2.42 bits per heavy atom. The molecule has 9 heteroatoms. The van der Waals surface area contributed by atoms with Gasteiger partial charge in [0.2, 0.25) is 11.0 Å². The van der Waals surface area contributed by atoms with Crippen LogP contribution in [0.1, 0.15) is 48.9 Å². The lowest BCUT2D eigenvalue weighted by Crippen LogP contribution is -2.43. The minimum atomic E-state index is -0.182. The van der Waals surface area contributed by atoms with Crippen molar-refractivity contribution in [3.05, 3.63) is 63.6 Å². The number of carbonyl (C=O) groups excluding carboxylic acids is 2. The van der Waals surface area contributed by atoms with Gasteiger partial charge in [-0.05, 0) is 49.2 Å². The quantitative estimate of drug-likeness (QED) is 0.370. The third-order valence-corrected chi connectivity index (χ3v) is 7.38. The summed E-state index contributed by atoms with van der Waals surface area (Å²) in [5.41, 5.74) is 1.53. The van der Waals surface area contributed by atoms with E-state index in [2.05, 4.69) is 31.4 Å². The van der Waals surface area contributed by atoms with Gasteiger partial charge in [-0.25, -0.2) is 0 Å². The summed E-state index contributed by atoms with van der Waals surface area (Å²) >= 11 is 10.7. The van der Waals surface area contributed by atoms with E-state index in [1.165, 1.54) is 17.8 Å². The third-order valence-electron chi connectivity index (χ3n) is 5.71. The molecule has 1 saturated carbocycles. The average molecular weight is 548 g/mol. The van der Waals surface area contributed by atoms with Crippen LogP contribution in [0.15, 0.2) is 53.0 Å². The number of hydrogen-bond donors (Lipinski definition) is 1. The molecule has 0 bridgehead atoms. The van der Waals surface area contributed by atoms with Gasteiger partial charge in [-0.2, -0.15) is 0 Å². The van der Waals surface area contributed by atoms with Crippen molar-refractivity contribution in [2.45, 2.75) is 44.6 Å². The zero-order valence-corrected chi connectivity index (χ0v) is 21.1. The fourth-order valence-electron chi connectivity index (χ4n) is 3.99. The Bertz CT molecular complexity index is 1100. The second-order valence-electron chi connectivity index (χ2n) is 8.01. The van der Waals surface area contributed by atoms with Gasteiger partial charge in [0.05, 0.1) is 0 Å². The molecule has 1 aromatic heterocycles. The number of benzene rings is 2. The van der Waals surface area contributed by atoms with Crippen molar-refractivity contribution in [2.75, 3.05) is 11.9 Å². The van der Waals surface area contributed by atoms with E-state index in [1.807, 2.05) is 41.3 Å². The molecule has 172 valence electrons. The van der Waals surface area contributed by atoms with Gasteiger partial charge >= 0.3 is 0 Å². The molecule has 2 amide bonds. The molecule has 2 aromatic carbocycles. The Morgan fingerprint density at radius 1 is 1.03 bits per heavy atom. The van der Waals surface area contributed by atoms with Crippen molar-refractivity contribution >= 4 is 55.8 Å². The summed E-state index contributed by atoms with van der Waals surface area (Å²) < 4.78 is 0.928. The van der Waals surface area contributed by atoms with E-state index in [-0.39, 0.29) is 24.3 Å². The molecule has 0 saturated heterocycles. The molecule has 0 spiro atoms. The largest absolute Gasteiger partial charge is 0.335 e. The van der Waals surface area contributed by atoms with Crippen LogP contribution in [0, 0.1) is 0 Å². The lowest BCUT2D eigenvalue weighted by atomic mass is 9.93. The van der Waals surface area contributed by atoms with Crippen molar-refractivity contribution in [2.24, 2.45) is 0 Å². The first kappa shape index (κ1) is 23.9. The van der Waals surface area contributed by atoms with E-state index in [1.54, 1.807) is 12.1 Å². The number of amides is 2. The zero-order valence-electron chi connectivity index (χ0n) is 18.0. The van der Waals surface area contributed by atoms with Crippen LogP contribution in [-0.2, 0) is 4.79 Å². The first-order valence-electron chi connectivity index (χ1n) is 11.0. The number of aromatic nitrogens is 2. The summed E-state index contributed by atoms with van der Waals surface area (Å²) in [6.07, 6.45) is 5.58. The molecule has 0 radical (unpaired) electrons. The van der Waals surface area contributed by atoms with Crippen LogP contribution in [0.4, 0.5) is 5.13 Å².